The smallest absolute Gasteiger partial charge is 0.225 e. The van der Waals surface area contributed by atoms with Gasteiger partial charge in [-0.15, -0.1) is 10.2 Å². The first-order valence-corrected chi connectivity index (χ1v) is 7.46. The standard InChI is InChI=1S/C16H17ClN4/c1-11(2)15-19-20-16(17)21(15)10-8-13-6-3-5-12-7-4-9-18-14(12)13/h3-7,9,11H,8,10H2,1-2H3. The molecule has 0 saturated carbocycles. The third kappa shape index (κ3) is 2.76. The third-order valence-corrected chi connectivity index (χ3v) is 3.85. The van der Waals surface area contributed by atoms with Crippen molar-refractivity contribution in [3.05, 3.63) is 53.2 Å². The predicted molar refractivity (Wildman–Crippen MR) is 84.6 cm³/mol. The van der Waals surface area contributed by atoms with Crippen molar-refractivity contribution in [3.8, 4) is 0 Å². The molecule has 0 amide bonds. The molecular formula is C16H17ClN4. The Morgan fingerprint density at radius 3 is 2.76 bits per heavy atom. The molecule has 1 aromatic carbocycles. The molecule has 0 radical (unpaired) electrons. The molecule has 0 unspecified atom stereocenters. The van der Waals surface area contributed by atoms with Crippen LogP contribution in [0.1, 0.15) is 31.2 Å². The minimum atomic E-state index is 0.302. The minimum Gasteiger partial charge on any atom is -0.301 e. The number of benzene rings is 1. The summed E-state index contributed by atoms with van der Waals surface area (Å²) in [6.07, 6.45) is 2.68. The molecule has 0 atom stereocenters. The first-order chi connectivity index (χ1) is 10.2. The molecule has 4 nitrogen and oxygen atoms in total. The average Bonchev–Trinajstić information content (AvgIpc) is 2.86. The van der Waals surface area contributed by atoms with Crippen molar-refractivity contribution in [2.45, 2.75) is 32.7 Å². The molecule has 2 aromatic heterocycles. The van der Waals surface area contributed by atoms with Crippen molar-refractivity contribution in [1.29, 1.82) is 0 Å². The first kappa shape index (κ1) is 14.0. The zero-order valence-corrected chi connectivity index (χ0v) is 12.9. The second kappa shape index (κ2) is 5.82. The van der Waals surface area contributed by atoms with Gasteiger partial charge in [-0.05, 0) is 29.7 Å². The summed E-state index contributed by atoms with van der Waals surface area (Å²) in [6.45, 7) is 4.95. The fourth-order valence-corrected chi connectivity index (χ4v) is 2.74. The van der Waals surface area contributed by atoms with Crippen molar-refractivity contribution in [3.63, 3.8) is 0 Å². The molecular weight excluding hydrogens is 284 g/mol. The number of para-hydroxylation sites is 1. The molecule has 0 spiro atoms. The molecule has 21 heavy (non-hydrogen) atoms. The summed E-state index contributed by atoms with van der Waals surface area (Å²) in [5.41, 5.74) is 2.27. The number of pyridine rings is 1. The van der Waals surface area contributed by atoms with Gasteiger partial charge >= 0.3 is 0 Å². The van der Waals surface area contributed by atoms with Crippen LogP contribution in [0.15, 0.2) is 36.5 Å². The highest BCUT2D eigenvalue weighted by molar-refractivity contribution is 6.28. The number of rotatable bonds is 4. The van der Waals surface area contributed by atoms with Gasteiger partial charge < -0.3 is 4.57 Å². The highest BCUT2D eigenvalue weighted by Crippen LogP contribution is 2.20. The average molecular weight is 301 g/mol. The molecule has 0 aliphatic carbocycles. The quantitative estimate of drug-likeness (QED) is 0.735. The van der Waals surface area contributed by atoms with Crippen molar-refractivity contribution in [2.75, 3.05) is 0 Å². The summed E-state index contributed by atoms with van der Waals surface area (Å²) in [5.74, 6) is 1.23. The minimum absolute atomic E-state index is 0.302. The van der Waals surface area contributed by atoms with Gasteiger partial charge in [0.15, 0.2) is 0 Å². The molecule has 5 heteroatoms. The largest absolute Gasteiger partial charge is 0.301 e. The molecule has 0 saturated heterocycles. The highest BCUT2D eigenvalue weighted by Gasteiger charge is 2.13. The summed E-state index contributed by atoms with van der Waals surface area (Å²) >= 11 is 6.15. The second-order valence-electron chi connectivity index (χ2n) is 5.38. The van der Waals surface area contributed by atoms with Gasteiger partial charge in [0.25, 0.3) is 0 Å². The van der Waals surface area contributed by atoms with E-state index < -0.39 is 0 Å². The van der Waals surface area contributed by atoms with Gasteiger partial charge in [-0.1, -0.05) is 38.1 Å². The lowest BCUT2D eigenvalue weighted by Crippen LogP contribution is -2.08. The van der Waals surface area contributed by atoms with E-state index in [2.05, 4.69) is 53.3 Å². The van der Waals surface area contributed by atoms with Crippen LogP contribution in [0.2, 0.25) is 5.28 Å². The van der Waals surface area contributed by atoms with Crippen LogP contribution in [0, 0.1) is 0 Å². The van der Waals surface area contributed by atoms with Crippen LogP contribution in [0.4, 0.5) is 0 Å². The van der Waals surface area contributed by atoms with Gasteiger partial charge in [0.1, 0.15) is 5.82 Å². The molecule has 0 bridgehead atoms. The fraction of sp³-hybridized carbons (Fsp3) is 0.312. The summed E-state index contributed by atoms with van der Waals surface area (Å²) in [4.78, 5) is 4.49. The number of aryl methyl sites for hydroxylation is 1. The van der Waals surface area contributed by atoms with Crippen molar-refractivity contribution < 1.29 is 0 Å². The van der Waals surface area contributed by atoms with Gasteiger partial charge in [-0.3, -0.25) is 4.98 Å². The summed E-state index contributed by atoms with van der Waals surface area (Å²) < 4.78 is 1.98. The molecule has 0 aliphatic rings. The molecule has 2 heterocycles. The Morgan fingerprint density at radius 2 is 1.95 bits per heavy atom. The Morgan fingerprint density at radius 1 is 1.14 bits per heavy atom. The Bertz CT molecular complexity index is 759. The number of fused-ring (bicyclic) bond motifs is 1. The number of hydrogen-bond donors (Lipinski definition) is 0. The SMILES string of the molecule is CC(C)c1nnc(Cl)n1CCc1cccc2cccnc12. The Balaban J connectivity index is 1.89. The molecule has 3 rings (SSSR count). The summed E-state index contributed by atoms with van der Waals surface area (Å²) in [5, 5.41) is 9.74. The Hall–Kier alpha value is -1.94. The van der Waals surface area contributed by atoms with E-state index in [1.54, 1.807) is 0 Å². The maximum absolute atomic E-state index is 6.15. The van der Waals surface area contributed by atoms with Crippen molar-refractivity contribution in [1.82, 2.24) is 19.7 Å². The van der Waals surface area contributed by atoms with Gasteiger partial charge in [-0.25, -0.2) is 0 Å². The van der Waals surface area contributed by atoms with E-state index in [1.165, 1.54) is 5.56 Å². The van der Waals surface area contributed by atoms with Crippen LogP contribution in [0.3, 0.4) is 0 Å². The van der Waals surface area contributed by atoms with Crippen LogP contribution in [-0.4, -0.2) is 19.7 Å². The van der Waals surface area contributed by atoms with Gasteiger partial charge in [-0.2, -0.15) is 0 Å². The zero-order valence-electron chi connectivity index (χ0n) is 12.1. The predicted octanol–water partition coefficient (Wildman–Crippen LogP) is 3.85. The Kier molecular flexibility index (Phi) is 3.88. The van der Waals surface area contributed by atoms with E-state index in [-0.39, 0.29) is 0 Å². The third-order valence-electron chi connectivity index (χ3n) is 3.57. The van der Waals surface area contributed by atoms with E-state index >= 15 is 0 Å². The normalized spacial score (nSPS) is 11.4. The molecule has 3 aromatic rings. The number of nitrogens with zero attached hydrogens (tertiary/aromatic N) is 4. The van der Waals surface area contributed by atoms with E-state index in [4.69, 9.17) is 11.6 Å². The maximum atomic E-state index is 6.15. The summed E-state index contributed by atoms with van der Waals surface area (Å²) in [6, 6.07) is 10.3. The molecule has 0 aliphatic heterocycles. The monoisotopic (exact) mass is 300 g/mol. The fourth-order valence-electron chi connectivity index (χ4n) is 2.53. The van der Waals surface area contributed by atoms with Crippen LogP contribution in [0.25, 0.3) is 10.9 Å². The van der Waals surface area contributed by atoms with Gasteiger partial charge in [0.05, 0.1) is 5.52 Å². The zero-order chi connectivity index (χ0) is 14.8. The lowest BCUT2D eigenvalue weighted by atomic mass is 10.1. The van der Waals surface area contributed by atoms with Crippen LogP contribution in [-0.2, 0) is 13.0 Å². The van der Waals surface area contributed by atoms with Crippen LogP contribution < -0.4 is 0 Å². The topological polar surface area (TPSA) is 43.6 Å². The van der Waals surface area contributed by atoms with Crippen molar-refractivity contribution in [2.24, 2.45) is 0 Å². The number of hydrogen-bond acceptors (Lipinski definition) is 3. The van der Waals surface area contributed by atoms with Gasteiger partial charge in [0, 0.05) is 24.0 Å². The van der Waals surface area contributed by atoms with E-state index in [9.17, 15) is 0 Å². The Labute approximate surface area is 128 Å². The van der Waals surface area contributed by atoms with Crippen molar-refractivity contribution >= 4 is 22.5 Å². The number of halogens is 1. The molecule has 108 valence electrons. The first-order valence-electron chi connectivity index (χ1n) is 7.08. The number of aromatic nitrogens is 4. The summed E-state index contributed by atoms with van der Waals surface area (Å²) in [7, 11) is 0. The van der Waals surface area contributed by atoms with Gasteiger partial charge in [0.2, 0.25) is 5.28 Å². The molecule has 0 N–H and O–H groups in total. The molecule has 0 fully saturated rings. The van der Waals surface area contributed by atoms with Crippen LogP contribution in [0.5, 0.6) is 0 Å². The lowest BCUT2D eigenvalue weighted by Gasteiger charge is -2.11. The van der Waals surface area contributed by atoms with E-state index in [0.29, 0.717) is 11.2 Å². The van der Waals surface area contributed by atoms with E-state index in [1.807, 2.05) is 16.8 Å². The lowest BCUT2D eigenvalue weighted by molar-refractivity contribution is 0.621. The van der Waals surface area contributed by atoms with Crippen LogP contribution >= 0.6 is 11.6 Å². The highest BCUT2D eigenvalue weighted by atomic mass is 35.5. The van der Waals surface area contributed by atoms with E-state index in [0.717, 1.165) is 29.7 Å². The maximum Gasteiger partial charge on any atom is 0.225 e. The second-order valence-corrected chi connectivity index (χ2v) is 5.71.